The molecule has 3 unspecified atom stereocenters. The van der Waals surface area contributed by atoms with Gasteiger partial charge in [0.15, 0.2) is 0 Å². The number of carbonyl (C=O) groups excluding carboxylic acids is 2. The highest BCUT2D eigenvalue weighted by Gasteiger charge is 2.56. The highest BCUT2D eigenvalue weighted by atomic mass is 35.5. The molecule has 1 amide bonds. The van der Waals surface area contributed by atoms with Crippen LogP contribution in [0.3, 0.4) is 0 Å². The molecule has 1 aliphatic heterocycles. The van der Waals surface area contributed by atoms with Gasteiger partial charge in [0.1, 0.15) is 6.10 Å². The van der Waals surface area contributed by atoms with Gasteiger partial charge < -0.3 is 15.0 Å². The Hall–Kier alpha value is -1.98. The maximum Gasteiger partial charge on any atom is 0.331 e. The average Bonchev–Trinajstić information content (AvgIpc) is 2.91. The number of allylic oxidation sites excluding steroid dienone is 1. The molecular formula is C32H42Cl2N2O3. The third-order valence-electron chi connectivity index (χ3n) is 10.2. The van der Waals surface area contributed by atoms with Gasteiger partial charge in [0.05, 0.1) is 0 Å². The van der Waals surface area contributed by atoms with Crippen molar-refractivity contribution in [3.8, 4) is 0 Å². The van der Waals surface area contributed by atoms with E-state index in [4.69, 9.17) is 27.9 Å². The molecule has 7 heteroatoms. The first-order valence-electron chi connectivity index (χ1n) is 14.6. The first-order chi connectivity index (χ1) is 18.8. The number of alkyl halides is 2. The minimum atomic E-state index is -0.278. The van der Waals surface area contributed by atoms with Crippen molar-refractivity contribution in [2.45, 2.75) is 76.9 Å². The Labute approximate surface area is 243 Å². The number of carbonyl (C=O) groups is 2. The number of rotatable bonds is 8. The fraction of sp³-hybridized carbons (Fsp3) is 0.625. The predicted molar refractivity (Wildman–Crippen MR) is 159 cm³/mol. The predicted octanol–water partition coefficient (Wildman–Crippen LogP) is 6.73. The number of nitrogens with zero attached hydrogens (tertiary/aromatic N) is 1. The lowest BCUT2D eigenvalue weighted by Gasteiger charge is -2.59. The topological polar surface area (TPSA) is 58.6 Å². The zero-order valence-electron chi connectivity index (χ0n) is 23.3. The monoisotopic (exact) mass is 572 g/mol. The van der Waals surface area contributed by atoms with Crippen LogP contribution >= 0.6 is 23.2 Å². The molecule has 0 spiro atoms. The van der Waals surface area contributed by atoms with E-state index in [-0.39, 0.29) is 28.9 Å². The van der Waals surface area contributed by atoms with E-state index in [1.165, 1.54) is 5.57 Å². The number of hydrogen-bond donors (Lipinski definition) is 1. The molecule has 1 heterocycles. The molecule has 1 aromatic carbocycles. The van der Waals surface area contributed by atoms with E-state index in [2.05, 4.69) is 30.1 Å². The van der Waals surface area contributed by atoms with Gasteiger partial charge in [0.25, 0.3) is 0 Å². The van der Waals surface area contributed by atoms with Crippen LogP contribution in [0, 0.1) is 23.2 Å². The Morgan fingerprint density at radius 2 is 1.82 bits per heavy atom. The zero-order chi connectivity index (χ0) is 27.6. The van der Waals surface area contributed by atoms with E-state index in [0.29, 0.717) is 35.9 Å². The van der Waals surface area contributed by atoms with Gasteiger partial charge >= 0.3 is 5.97 Å². The number of hydrogen-bond acceptors (Lipinski definition) is 4. The first kappa shape index (κ1) is 28.5. The highest BCUT2D eigenvalue weighted by Crippen LogP contribution is 2.60. The maximum atomic E-state index is 12.7. The Bertz CT molecular complexity index is 1110. The van der Waals surface area contributed by atoms with Crippen molar-refractivity contribution in [3.63, 3.8) is 0 Å². The van der Waals surface area contributed by atoms with Crippen LogP contribution in [0.1, 0.15) is 70.8 Å². The number of nitrogens with one attached hydrogen (secondary N) is 1. The summed E-state index contributed by atoms with van der Waals surface area (Å²) in [5.74, 6) is 2.86. The lowest BCUT2D eigenvalue weighted by atomic mass is 9.48. The van der Waals surface area contributed by atoms with Crippen LogP contribution in [0.4, 0.5) is 5.69 Å². The molecule has 6 atom stereocenters. The molecule has 39 heavy (non-hydrogen) atoms. The van der Waals surface area contributed by atoms with Crippen LogP contribution in [-0.2, 0) is 14.3 Å². The molecule has 4 aliphatic rings. The molecule has 212 valence electrons. The quantitative estimate of drug-likeness (QED) is 0.162. The van der Waals surface area contributed by atoms with Gasteiger partial charge in [0.2, 0.25) is 5.91 Å². The molecule has 3 fully saturated rings. The number of fused-ring (bicyclic) bond motifs is 5. The van der Waals surface area contributed by atoms with E-state index in [1.54, 1.807) is 6.08 Å². The summed E-state index contributed by atoms with van der Waals surface area (Å²) in [6.45, 7) is 6.20. The number of benzene rings is 1. The van der Waals surface area contributed by atoms with E-state index in [1.807, 2.05) is 30.3 Å². The van der Waals surface area contributed by atoms with E-state index < -0.39 is 0 Å². The third kappa shape index (κ3) is 5.91. The molecule has 3 aliphatic carbocycles. The van der Waals surface area contributed by atoms with Crippen molar-refractivity contribution >= 4 is 46.8 Å². The summed E-state index contributed by atoms with van der Waals surface area (Å²) in [6, 6.07) is 8.06. The van der Waals surface area contributed by atoms with Crippen molar-refractivity contribution in [1.29, 1.82) is 0 Å². The summed E-state index contributed by atoms with van der Waals surface area (Å²) in [4.78, 5) is 27.0. The lowest BCUT2D eigenvalue weighted by molar-refractivity contribution is -0.145. The molecule has 0 radical (unpaired) electrons. The number of anilines is 1. The molecule has 1 aromatic rings. The largest absolute Gasteiger partial charge is 0.459 e. The van der Waals surface area contributed by atoms with Gasteiger partial charge in [-0.05, 0) is 92.4 Å². The van der Waals surface area contributed by atoms with Crippen LogP contribution < -0.4 is 10.2 Å². The Morgan fingerprint density at radius 3 is 2.54 bits per heavy atom. The second kappa shape index (κ2) is 11.9. The third-order valence-corrected chi connectivity index (χ3v) is 10.6. The van der Waals surface area contributed by atoms with Gasteiger partial charge in [-0.25, -0.2) is 4.79 Å². The highest BCUT2D eigenvalue weighted by molar-refractivity contribution is 6.18. The fourth-order valence-electron chi connectivity index (χ4n) is 8.14. The lowest BCUT2D eigenvalue weighted by Crippen LogP contribution is -2.62. The molecule has 0 aromatic heterocycles. The van der Waals surface area contributed by atoms with Crippen molar-refractivity contribution in [1.82, 2.24) is 5.32 Å². The van der Waals surface area contributed by atoms with Gasteiger partial charge in [0, 0.05) is 55.0 Å². The van der Waals surface area contributed by atoms with Crippen molar-refractivity contribution in [2.75, 3.05) is 29.7 Å². The van der Waals surface area contributed by atoms with Crippen molar-refractivity contribution in [3.05, 3.63) is 47.6 Å². The minimum Gasteiger partial charge on any atom is -0.459 e. The zero-order valence-corrected chi connectivity index (χ0v) is 24.8. The van der Waals surface area contributed by atoms with Crippen LogP contribution in [0.25, 0.3) is 6.08 Å². The summed E-state index contributed by atoms with van der Waals surface area (Å²) in [5, 5.41) is 3.35. The SMILES string of the molecule is C[C@]12CC[C@H](OC(=O)/C=C/c3ccc(N(CCCl)CCCl)cc3)CC1=CCC1C2CC[C@]2(C)NC(=O)CCC12. The summed E-state index contributed by atoms with van der Waals surface area (Å²) in [6.07, 6.45) is 13.5. The van der Waals surface area contributed by atoms with Crippen LogP contribution in [0.15, 0.2) is 42.0 Å². The van der Waals surface area contributed by atoms with E-state index >= 15 is 0 Å². The second-order valence-electron chi connectivity index (χ2n) is 12.4. The molecule has 1 N–H and O–H groups in total. The minimum absolute atomic E-state index is 0.0502. The second-order valence-corrected chi connectivity index (χ2v) is 13.1. The van der Waals surface area contributed by atoms with E-state index in [9.17, 15) is 9.59 Å². The smallest absolute Gasteiger partial charge is 0.331 e. The van der Waals surface area contributed by atoms with E-state index in [0.717, 1.165) is 69.3 Å². The van der Waals surface area contributed by atoms with Crippen molar-refractivity contribution in [2.24, 2.45) is 23.2 Å². The van der Waals surface area contributed by atoms with Crippen LogP contribution in [0.2, 0.25) is 0 Å². The number of amides is 1. The Morgan fingerprint density at radius 1 is 1.08 bits per heavy atom. The standard InChI is InChI=1S/C32H42Cl2N2O3/c1-31-15-13-25(39-30(38)12-5-22-3-7-24(8-4-22)36(19-17-33)20-18-34)21-23(31)6-9-26-27(31)14-16-32(2)28(26)10-11-29(37)35-32/h3-8,12,25-28H,9-11,13-21H2,1-2H3,(H,35,37)/b12-5+/t25-,26?,27?,28?,31-,32-/m0/s1. The summed E-state index contributed by atoms with van der Waals surface area (Å²) < 4.78 is 5.93. The van der Waals surface area contributed by atoms with Crippen LogP contribution in [-0.4, -0.2) is 48.4 Å². The maximum absolute atomic E-state index is 12.7. The molecule has 2 saturated carbocycles. The number of ether oxygens (including phenoxy) is 1. The van der Waals surface area contributed by atoms with Gasteiger partial charge in [-0.15, -0.1) is 23.2 Å². The molecule has 5 nitrogen and oxygen atoms in total. The molecule has 1 saturated heterocycles. The molecule has 5 rings (SSSR count). The van der Waals surface area contributed by atoms with Crippen LogP contribution in [0.5, 0.6) is 0 Å². The van der Waals surface area contributed by atoms with Gasteiger partial charge in [-0.2, -0.15) is 0 Å². The summed E-state index contributed by atoms with van der Waals surface area (Å²) in [5.41, 5.74) is 3.63. The Kier molecular flexibility index (Phi) is 8.68. The van der Waals surface area contributed by atoms with Crippen molar-refractivity contribution < 1.29 is 14.3 Å². The number of piperidine rings is 1. The first-order valence-corrected chi connectivity index (χ1v) is 15.7. The van der Waals surface area contributed by atoms with Gasteiger partial charge in [-0.1, -0.05) is 30.7 Å². The fourth-order valence-corrected chi connectivity index (χ4v) is 8.55. The Balaban J connectivity index is 1.18. The normalized spacial score (nSPS) is 33.8. The summed E-state index contributed by atoms with van der Waals surface area (Å²) >= 11 is 11.8. The molecule has 0 bridgehead atoms. The number of esters is 1. The van der Waals surface area contributed by atoms with Gasteiger partial charge in [-0.3, -0.25) is 4.79 Å². The number of halogens is 2. The molecular weight excluding hydrogens is 531 g/mol. The average molecular weight is 574 g/mol. The summed E-state index contributed by atoms with van der Waals surface area (Å²) in [7, 11) is 0.